The van der Waals surface area contributed by atoms with Crippen molar-refractivity contribution >= 4 is 0 Å². The molecule has 0 saturated heterocycles. The first-order valence-electron chi connectivity index (χ1n) is 6.60. The molecule has 1 N–H and O–H groups in total. The SMILES string of the molecule is CCCc1ccc(Oc2cc([C@H](C)O)ccn2)cc1. The lowest BCUT2D eigenvalue weighted by atomic mass is 10.1. The van der Waals surface area contributed by atoms with Crippen molar-refractivity contribution in [1.29, 1.82) is 0 Å². The average molecular weight is 257 g/mol. The number of ether oxygens (including phenoxy) is 1. The quantitative estimate of drug-likeness (QED) is 0.883. The topological polar surface area (TPSA) is 42.4 Å². The summed E-state index contributed by atoms with van der Waals surface area (Å²) in [7, 11) is 0. The smallest absolute Gasteiger partial charge is 0.219 e. The minimum atomic E-state index is -0.516. The van der Waals surface area contributed by atoms with E-state index in [0.29, 0.717) is 5.88 Å². The van der Waals surface area contributed by atoms with Gasteiger partial charge in [-0.05, 0) is 42.7 Å². The molecule has 0 saturated carbocycles. The van der Waals surface area contributed by atoms with Crippen LogP contribution in [0.4, 0.5) is 0 Å². The van der Waals surface area contributed by atoms with Crippen LogP contribution in [0.1, 0.15) is 37.5 Å². The van der Waals surface area contributed by atoms with Gasteiger partial charge in [-0.15, -0.1) is 0 Å². The maximum atomic E-state index is 9.53. The van der Waals surface area contributed by atoms with Gasteiger partial charge >= 0.3 is 0 Å². The maximum Gasteiger partial charge on any atom is 0.219 e. The molecule has 0 amide bonds. The third-order valence-electron chi connectivity index (χ3n) is 2.93. The van der Waals surface area contributed by atoms with Gasteiger partial charge < -0.3 is 9.84 Å². The summed E-state index contributed by atoms with van der Waals surface area (Å²) >= 11 is 0. The highest BCUT2D eigenvalue weighted by Gasteiger charge is 2.04. The summed E-state index contributed by atoms with van der Waals surface area (Å²) in [5.41, 5.74) is 2.10. The van der Waals surface area contributed by atoms with Crippen LogP contribution in [-0.4, -0.2) is 10.1 Å². The number of hydrogen-bond acceptors (Lipinski definition) is 3. The van der Waals surface area contributed by atoms with Crippen molar-refractivity contribution in [2.75, 3.05) is 0 Å². The van der Waals surface area contributed by atoms with Crippen molar-refractivity contribution in [3.63, 3.8) is 0 Å². The van der Waals surface area contributed by atoms with Gasteiger partial charge in [-0.1, -0.05) is 25.5 Å². The lowest BCUT2D eigenvalue weighted by molar-refractivity contribution is 0.198. The highest BCUT2D eigenvalue weighted by Crippen LogP contribution is 2.22. The second-order valence-corrected chi connectivity index (χ2v) is 4.60. The molecule has 0 fully saturated rings. The first-order chi connectivity index (χ1) is 9.19. The molecule has 1 atom stereocenters. The molecule has 1 aromatic carbocycles. The molecule has 19 heavy (non-hydrogen) atoms. The molecule has 1 aromatic heterocycles. The van der Waals surface area contributed by atoms with Crippen LogP contribution < -0.4 is 4.74 Å². The van der Waals surface area contributed by atoms with Gasteiger partial charge in [0.05, 0.1) is 6.10 Å². The second kappa shape index (κ2) is 6.34. The van der Waals surface area contributed by atoms with E-state index in [2.05, 4.69) is 24.0 Å². The Morgan fingerprint density at radius 3 is 2.58 bits per heavy atom. The summed E-state index contributed by atoms with van der Waals surface area (Å²) in [5, 5.41) is 9.53. The fourth-order valence-electron chi connectivity index (χ4n) is 1.87. The van der Waals surface area contributed by atoms with E-state index in [1.807, 2.05) is 12.1 Å². The number of rotatable bonds is 5. The van der Waals surface area contributed by atoms with E-state index in [4.69, 9.17) is 4.74 Å². The molecule has 3 nitrogen and oxygen atoms in total. The van der Waals surface area contributed by atoms with E-state index < -0.39 is 6.10 Å². The van der Waals surface area contributed by atoms with Crippen molar-refractivity contribution in [1.82, 2.24) is 4.98 Å². The zero-order valence-corrected chi connectivity index (χ0v) is 11.3. The monoisotopic (exact) mass is 257 g/mol. The van der Waals surface area contributed by atoms with E-state index in [1.54, 1.807) is 25.3 Å². The number of nitrogens with zero attached hydrogens (tertiary/aromatic N) is 1. The molecule has 0 bridgehead atoms. The predicted octanol–water partition coefficient (Wildman–Crippen LogP) is 3.88. The standard InChI is InChI=1S/C16H19NO2/c1-3-4-13-5-7-15(8-6-13)19-16-11-14(12(2)18)9-10-17-16/h5-12,18H,3-4H2,1-2H3/t12-/m0/s1. The number of benzene rings is 1. The van der Waals surface area contributed by atoms with E-state index >= 15 is 0 Å². The molecule has 0 radical (unpaired) electrons. The fourth-order valence-corrected chi connectivity index (χ4v) is 1.87. The fraction of sp³-hybridized carbons (Fsp3) is 0.312. The van der Waals surface area contributed by atoms with Gasteiger partial charge in [0, 0.05) is 12.3 Å². The Balaban J connectivity index is 2.10. The molecule has 0 unspecified atom stereocenters. The Labute approximate surface area is 113 Å². The molecule has 1 heterocycles. The molecule has 100 valence electrons. The zero-order valence-electron chi connectivity index (χ0n) is 11.3. The lowest BCUT2D eigenvalue weighted by Crippen LogP contribution is -1.94. The van der Waals surface area contributed by atoms with Crippen LogP contribution in [0.15, 0.2) is 42.6 Å². The largest absolute Gasteiger partial charge is 0.439 e. The molecule has 0 aliphatic carbocycles. The van der Waals surface area contributed by atoms with E-state index in [9.17, 15) is 5.11 Å². The number of aliphatic hydroxyl groups is 1. The first-order valence-corrected chi connectivity index (χ1v) is 6.60. The van der Waals surface area contributed by atoms with Crippen molar-refractivity contribution in [3.8, 4) is 11.6 Å². The maximum absolute atomic E-state index is 9.53. The summed E-state index contributed by atoms with van der Waals surface area (Å²) < 4.78 is 5.68. The molecular formula is C16H19NO2. The Hall–Kier alpha value is -1.87. The Kier molecular flexibility index (Phi) is 4.53. The predicted molar refractivity (Wildman–Crippen MR) is 75.4 cm³/mol. The highest BCUT2D eigenvalue weighted by atomic mass is 16.5. The minimum Gasteiger partial charge on any atom is -0.439 e. The number of aromatic nitrogens is 1. The second-order valence-electron chi connectivity index (χ2n) is 4.60. The van der Waals surface area contributed by atoms with Crippen molar-refractivity contribution in [2.45, 2.75) is 32.8 Å². The zero-order chi connectivity index (χ0) is 13.7. The van der Waals surface area contributed by atoms with Gasteiger partial charge in [0.15, 0.2) is 0 Å². The van der Waals surface area contributed by atoms with Gasteiger partial charge in [-0.25, -0.2) is 4.98 Å². The Morgan fingerprint density at radius 2 is 1.95 bits per heavy atom. The number of aryl methyl sites for hydroxylation is 1. The number of hydrogen-bond donors (Lipinski definition) is 1. The van der Waals surface area contributed by atoms with Crippen LogP contribution in [0, 0.1) is 0 Å². The first kappa shape index (κ1) is 13.6. The summed E-state index contributed by atoms with van der Waals surface area (Å²) in [6, 6.07) is 11.6. The van der Waals surface area contributed by atoms with Gasteiger partial charge in [0.2, 0.25) is 5.88 Å². The van der Waals surface area contributed by atoms with Crippen LogP contribution in [0.3, 0.4) is 0 Å². The Bertz CT molecular complexity index is 521. The van der Waals surface area contributed by atoms with Gasteiger partial charge in [0.25, 0.3) is 0 Å². The van der Waals surface area contributed by atoms with Crippen molar-refractivity contribution < 1.29 is 9.84 Å². The average Bonchev–Trinajstić information content (AvgIpc) is 2.42. The van der Waals surface area contributed by atoms with Crippen molar-refractivity contribution in [3.05, 3.63) is 53.7 Å². The summed E-state index contributed by atoms with van der Waals surface area (Å²) in [6.45, 7) is 3.88. The van der Waals surface area contributed by atoms with E-state index in [0.717, 1.165) is 24.2 Å². The molecule has 2 aromatic rings. The molecule has 3 heteroatoms. The van der Waals surface area contributed by atoms with Crippen LogP contribution in [0.2, 0.25) is 0 Å². The summed E-state index contributed by atoms with van der Waals surface area (Å²) in [4.78, 5) is 4.14. The summed E-state index contributed by atoms with van der Waals surface area (Å²) in [5.74, 6) is 1.26. The molecule has 2 rings (SSSR count). The minimum absolute atomic E-state index is 0.502. The lowest BCUT2D eigenvalue weighted by Gasteiger charge is -2.08. The van der Waals surface area contributed by atoms with Gasteiger partial charge in [-0.3, -0.25) is 0 Å². The van der Waals surface area contributed by atoms with Crippen LogP contribution in [0.5, 0.6) is 11.6 Å². The number of pyridine rings is 1. The third-order valence-corrected chi connectivity index (χ3v) is 2.93. The number of aliphatic hydroxyl groups excluding tert-OH is 1. The Morgan fingerprint density at radius 1 is 1.21 bits per heavy atom. The van der Waals surface area contributed by atoms with Crippen LogP contribution in [0.25, 0.3) is 0 Å². The molecule has 0 aliphatic rings. The molecule has 0 aliphatic heterocycles. The van der Waals surface area contributed by atoms with Gasteiger partial charge in [0.1, 0.15) is 5.75 Å². The van der Waals surface area contributed by atoms with Gasteiger partial charge in [-0.2, -0.15) is 0 Å². The third kappa shape index (κ3) is 3.80. The molecular weight excluding hydrogens is 238 g/mol. The van der Waals surface area contributed by atoms with Crippen LogP contribution in [-0.2, 0) is 6.42 Å². The van der Waals surface area contributed by atoms with Crippen molar-refractivity contribution in [2.24, 2.45) is 0 Å². The normalized spacial score (nSPS) is 12.2. The van der Waals surface area contributed by atoms with E-state index in [1.165, 1.54) is 5.56 Å². The highest BCUT2D eigenvalue weighted by molar-refractivity contribution is 5.32. The molecule has 0 spiro atoms. The van der Waals surface area contributed by atoms with Crippen LogP contribution >= 0.6 is 0 Å². The summed E-state index contributed by atoms with van der Waals surface area (Å²) in [6.07, 6.45) is 3.34. The van der Waals surface area contributed by atoms with E-state index in [-0.39, 0.29) is 0 Å².